The van der Waals surface area contributed by atoms with Gasteiger partial charge in [-0.15, -0.1) is 40.2 Å². The maximum absolute atomic E-state index is 14.1. The predicted octanol–water partition coefficient (Wildman–Crippen LogP) is 11.9. The van der Waals surface area contributed by atoms with Gasteiger partial charge in [0.1, 0.15) is 0 Å². The van der Waals surface area contributed by atoms with Crippen LogP contribution in [0.5, 0.6) is 0 Å². The Bertz CT molecular complexity index is 1570. The molecule has 0 bridgehead atoms. The quantitative estimate of drug-likeness (QED) is 0.131. The van der Waals surface area contributed by atoms with Gasteiger partial charge in [-0.2, -0.15) is 30.3 Å². The van der Waals surface area contributed by atoms with Crippen LogP contribution in [0.4, 0.5) is 0 Å². The summed E-state index contributed by atoms with van der Waals surface area (Å²) in [4.78, 5) is 4.98. The molecule has 2 fully saturated rings. The molecule has 0 N–H and O–H groups in total. The molecule has 0 spiro atoms. The first kappa shape index (κ1) is 37.8. The van der Waals surface area contributed by atoms with Crippen LogP contribution in [0.15, 0.2) is 60.7 Å². The number of pyridine rings is 1. The third-order valence-corrected chi connectivity index (χ3v) is 14.3. The van der Waals surface area contributed by atoms with E-state index >= 15 is 0 Å². The number of benzene rings is 3. The predicted molar refractivity (Wildman–Crippen MR) is 199 cm³/mol. The van der Waals surface area contributed by atoms with Crippen molar-refractivity contribution >= 4 is 23.3 Å². The van der Waals surface area contributed by atoms with E-state index in [1.54, 1.807) is 0 Å². The zero-order chi connectivity index (χ0) is 32.7. The first-order chi connectivity index (χ1) is 22.1. The van der Waals surface area contributed by atoms with Crippen LogP contribution >= 0.6 is 7.14 Å². The molecule has 3 aromatic carbocycles. The minimum absolute atomic E-state index is 0. The second-order valence-corrected chi connectivity index (χ2v) is 18.3. The number of aryl methyl sites for hydroxylation is 2. The molecular formula is C43H56IrNOP-2. The van der Waals surface area contributed by atoms with E-state index in [0.29, 0.717) is 23.2 Å². The number of rotatable bonds is 8. The van der Waals surface area contributed by atoms with Crippen LogP contribution < -0.4 is 5.30 Å². The van der Waals surface area contributed by atoms with Gasteiger partial charge < -0.3 is 4.57 Å². The smallest absolute Gasteiger partial charge is 0.0978 e. The zero-order valence-electron chi connectivity index (χ0n) is 29.7. The number of hydrogen-bond acceptors (Lipinski definition) is 2. The molecular weight excluding hydrogens is 770 g/mol. The SMILES string of the molecule is Cc1[c-]c(-c2ccc3c(CC(C)C)c(CC(C)C)ccc3n2)cc(C)c1.O=P(c1[c-]cccc1)(C1CCCCC1)C1CCCCC1.[Ir]. The third kappa shape index (κ3) is 9.56. The van der Waals surface area contributed by atoms with Crippen molar-refractivity contribution in [3.8, 4) is 11.3 Å². The van der Waals surface area contributed by atoms with E-state index in [-0.39, 0.29) is 20.1 Å². The Hall–Kier alpha value is -2.05. The van der Waals surface area contributed by atoms with Crippen LogP contribution in [-0.2, 0) is 37.5 Å². The van der Waals surface area contributed by atoms with Crippen LogP contribution in [0.3, 0.4) is 0 Å². The molecule has 0 unspecified atom stereocenters. The topological polar surface area (TPSA) is 30.0 Å². The van der Waals surface area contributed by atoms with Crippen LogP contribution in [0.2, 0.25) is 0 Å². The summed E-state index contributed by atoms with van der Waals surface area (Å²) in [5, 5.41) is 2.36. The number of aromatic nitrogens is 1. The Morgan fingerprint density at radius 3 is 1.98 bits per heavy atom. The second kappa shape index (κ2) is 17.6. The van der Waals surface area contributed by atoms with E-state index in [0.717, 1.165) is 40.5 Å². The molecule has 0 saturated heterocycles. The van der Waals surface area contributed by atoms with Crippen molar-refractivity contribution < 1.29 is 24.7 Å². The fourth-order valence-corrected chi connectivity index (χ4v) is 12.2. The van der Waals surface area contributed by atoms with Gasteiger partial charge in [-0.25, -0.2) is 0 Å². The first-order valence-corrected chi connectivity index (χ1v) is 20.0. The summed E-state index contributed by atoms with van der Waals surface area (Å²) in [5.41, 5.74) is 9.45. The van der Waals surface area contributed by atoms with Crippen LogP contribution in [0.1, 0.15) is 114 Å². The molecule has 0 amide bonds. The van der Waals surface area contributed by atoms with Crippen molar-refractivity contribution in [3.63, 3.8) is 0 Å². The molecule has 1 radical (unpaired) electrons. The molecule has 1 aromatic heterocycles. The fourth-order valence-electron chi connectivity index (χ4n) is 8.00. The summed E-state index contributed by atoms with van der Waals surface area (Å²) in [6.07, 6.45) is 14.7. The van der Waals surface area contributed by atoms with E-state index in [1.165, 1.54) is 86.3 Å². The van der Waals surface area contributed by atoms with Crippen molar-refractivity contribution in [2.45, 2.75) is 130 Å². The molecule has 2 aliphatic rings. The fraction of sp³-hybridized carbons (Fsp3) is 0.512. The van der Waals surface area contributed by atoms with Crippen molar-refractivity contribution in [1.82, 2.24) is 4.98 Å². The normalized spacial score (nSPS) is 16.2. The summed E-state index contributed by atoms with van der Waals surface area (Å²) >= 11 is 0. The van der Waals surface area contributed by atoms with Crippen molar-refractivity contribution in [2.24, 2.45) is 11.8 Å². The Labute approximate surface area is 299 Å². The minimum Gasteiger partial charge on any atom is -0.320 e. The van der Waals surface area contributed by atoms with Gasteiger partial charge in [0.15, 0.2) is 0 Å². The molecule has 0 aliphatic heterocycles. The number of fused-ring (bicyclic) bond motifs is 1. The number of hydrogen-bond donors (Lipinski definition) is 0. The average molecular weight is 826 g/mol. The zero-order valence-corrected chi connectivity index (χ0v) is 33.0. The summed E-state index contributed by atoms with van der Waals surface area (Å²) in [5.74, 6) is 1.30. The van der Waals surface area contributed by atoms with Gasteiger partial charge in [0.05, 0.1) is 12.7 Å². The van der Waals surface area contributed by atoms with Gasteiger partial charge in [0.25, 0.3) is 0 Å². The second-order valence-electron chi connectivity index (χ2n) is 15.0. The van der Waals surface area contributed by atoms with Gasteiger partial charge in [0.2, 0.25) is 0 Å². The van der Waals surface area contributed by atoms with Crippen LogP contribution in [-0.4, -0.2) is 16.3 Å². The Balaban J connectivity index is 0.000000215. The minimum atomic E-state index is -2.28. The first-order valence-electron chi connectivity index (χ1n) is 18.1. The molecule has 2 saturated carbocycles. The van der Waals surface area contributed by atoms with Gasteiger partial charge in [-0.1, -0.05) is 98.3 Å². The standard InChI is InChI=1S/C25H30N.C18H26OP.Ir/c1-16(2)11-20-7-9-25-22(23(20)12-17(3)4)8-10-24(26-25)21-14-18(5)13-19(6)15-21;19-20(16-10-4-1-5-11-16,17-12-6-2-7-13-17)18-14-8-3-9-15-18;/h7-10,13-14,16-17H,11-12H2,1-6H3;1,4-5,10,17-18H,2-3,6-9,12-15H2;/q2*-1;. The monoisotopic (exact) mass is 826 g/mol. The van der Waals surface area contributed by atoms with E-state index in [2.05, 4.69) is 96.1 Å². The molecule has 1 heterocycles. The van der Waals surface area contributed by atoms with Gasteiger partial charge >= 0.3 is 0 Å². The van der Waals surface area contributed by atoms with Crippen LogP contribution in [0, 0.1) is 37.8 Å². The van der Waals surface area contributed by atoms with Crippen LogP contribution in [0.25, 0.3) is 22.2 Å². The maximum Gasteiger partial charge on any atom is 0.0978 e. The van der Waals surface area contributed by atoms with Crippen molar-refractivity contribution in [2.75, 3.05) is 0 Å². The molecule has 0 atom stereocenters. The van der Waals surface area contributed by atoms with Gasteiger partial charge in [-0.3, -0.25) is 4.98 Å². The van der Waals surface area contributed by atoms with E-state index < -0.39 is 7.14 Å². The maximum atomic E-state index is 14.1. The summed E-state index contributed by atoms with van der Waals surface area (Å²) < 4.78 is 14.1. The summed E-state index contributed by atoms with van der Waals surface area (Å²) in [7, 11) is -2.28. The molecule has 4 heteroatoms. The third-order valence-electron chi connectivity index (χ3n) is 10.0. The van der Waals surface area contributed by atoms with Gasteiger partial charge in [-0.05, 0) is 73.2 Å². The van der Waals surface area contributed by atoms with Crippen molar-refractivity contribution in [3.05, 3.63) is 95.1 Å². The molecule has 255 valence electrons. The molecule has 4 aromatic rings. The molecule has 2 aliphatic carbocycles. The van der Waals surface area contributed by atoms with E-state index in [9.17, 15) is 4.57 Å². The number of nitrogens with zero attached hydrogens (tertiary/aromatic N) is 1. The van der Waals surface area contributed by atoms with E-state index in [4.69, 9.17) is 4.98 Å². The van der Waals surface area contributed by atoms with Crippen molar-refractivity contribution in [1.29, 1.82) is 0 Å². The molecule has 6 rings (SSSR count). The average Bonchev–Trinajstić information content (AvgIpc) is 3.06. The Kier molecular flexibility index (Phi) is 14.1. The summed E-state index contributed by atoms with van der Waals surface area (Å²) in [6.45, 7) is 13.4. The Morgan fingerprint density at radius 2 is 1.43 bits per heavy atom. The Morgan fingerprint density at radius 1 is 0.787 bits per heavy atom. The summed E-state index contributed by atoms with van der Waals surface area (Å²) in [6, 6.07) is 28.1. The molecule has 2 nitrogen and oxygen atoms in total. The largest absolute Gasteiger partial charge is 0.320 e. The van der Waals surface area contributed by atoms with E-state index in [1.807, 2.05) is 18.2 Å². The molecule has 47 heavy (non-hydrogen) atoms. The van der Waals surface area contributed by atoms with Gasteiger partial charge in [0, 0.05) is 36.8 Å².